The average Bonchev–Trinajstić information content (AvgIpc) is 2.90. The third-order valence-electron chi connectivity index (χ3n) is 2.35. The first-order chi connectivity index (χ1) is 8.70. The molecule has 5 nitrogen and oxygen atoms in total. The quantitative estimate of drug-likeness (QED) is 0.818. The maximum Gasteiger partial charge on any atom is 0.337 e. The number of ether oxygens (including phenoxy) is 1. The summed E-state index contributed by atoms with van der Waals surface area (Å²) in [5.41, 5.74) is 0.763. The Morgan fingerprint density at radius 1 is 1.39 bits per heavy atom. The largest absolute Gasteiger partial charge is 0.465 e. The van der Waals surface area contributed by atoms with Crippen molar-refractivity contribution in [3.63, 3.8) is 0 Å². The van der Waals surface area contributed by atoms with Crippen LogP contribution in [0.2, 0.25) is 0 Å². The highest BCUT2D eigenvalue weighted by molar-refractivity contribution is 8.14. The van der Waals surface area contributed by atoms with Crippen LogP contribution in [0, 0.1) is 0 Å². The molecule has 1 aromatic rings. The lowest BCUT2D eigenvalue weighted by atomic mass is 10.1. The molecule has 0 bridgehead atoms. The maximum absolute atomic E-state index is 11.9. The Morgan fingerprint density at radius 2 is 2.17 bits per heavy atom. The van der Waals surface area contributed by atoms with Gasteiger partial charge in [-0.2, -0.15) is 0 Å². The van der Waals surface area contributed by atoms with Gasteiger partial charge < -0.3 is 10.1 Å². The molecule has 1 heterocycles. The Balaban J connectivity index is 2.12. The average molecular weight is 264 g/mol. The number of amidine groups is 1. The second-order valence-electron chi connectivity index (χ2n) is 3.56. The third kappa shape index (κ3) is 2.89. The van der Waals surface area contributed by atoms with E-state index in [4.69, 9.17) is 0 Å². The number of esters is 1. The monoisotopic (exact) mass is 264 g/mol. The van der Waals surface area contributed by atoms with Crippen molar-refractivity contribution >= 4 is 28.8 Å². The smallest absolute Gasteiger partial charge is 0.337 e. The molecule has 1 amide bonds. The number of nitrogens with one attached hydrogen (secondary N) is 1. The molecule has 0 spiro atoms. The van der Waals surface area contributed by atoms with E-state index in [1.165, 1.54) is 24.9 Å². The number of hydrogen-bond donors (Lipinski definition) is 1. The van der Waals surface area contributed by atoms with Gasteiger partial charge in [0.2, 0.25) is 0 Å². The van der Waals surface area contributed by atoms with Crippen LogP contribution in [-0.4, -0.2) is 36.5 Å². The van der Waals surface area contributed by atoms with Crippen molar-refractivity contribution in [3.8, 4) is 0 Å². The molecule has 0 unspecified atom stereocenters. The second-order valence-corrected chi connectivity index (χ2v) is 4.65. The minimum absolute atomic E-state index is 0.270. The fourth-order valence-corrected chi connectivity index (χ4v) is 2.21. The van der Waals surface area contributed by atoms with Crippen molar-refractivity contribution in [1.29, 1.82) is 0 Å². The molecule has 0 aliphatic carbocycles. The third-order valence-corrected chi connectivity index (χ3v) is 3.24. The van der Waals surface area contributed by atoms with E-state index in [0.717, 1.165) is 12.3 Å². The van der Waals surface area contributed by atoms with Crippen molar-refractivity contribution in [2.24, 2.45) is 4.99 Å². The van der Waals surface area contributed by atoms with Gasteiger partial charge in [0.1, 0.15) is 0 Å². The molecule has 0 saturated heterocycles. The van der Waals surface area contributed by atoms with E-state index in [-0.39, 0.29) is 5.91 Å². The number of benzene rings is 1. The van der Waals surface area contributed by atoms with E-state index in [9.17, 15) is 9.59 Å². The van der Waals surface area contributed by atoms with Gasteiger partial charge in [0.05, 0.1) is 19.2 Å². The fraction of sp³-hybridized carbons (Fsp3) is 0.250. The Hall–Kier alpha value is -1.82. The standard InChI is InChI=1S/C12H12N2O3S/c1-17-11(16)9-4-2-3-8(7-9)10(15)14-12-13-5-6-18-12/h2-4,7H,5-6H2,1H3,(H,13,14,15). The van der Waals surface area contributed by atoms with Gasteiger partial charge in [-0.05, 0) is 18.2 Å². The number of thioether (sulfide) groups is 1. The molecule has 0 atom stereocenters. The Morgan fingerprint density at radius 3 is 2.83 bits per heavy atom. The van der Waals surface area contributed by atoms with Crippen LogP contribution in [0.1, 0.15) is 20.7 Å². The predicted molar refractivity (Wildman–Crippen MR) is 70.0 cm³/mol. The summed E-state index contributed by atoms with van der Waals surface area (Å²) in [6, 6.07) is 6.39. The molecule has 0 saturated carbocycles. The zero-order valence-electron chi connectivity index (χ0n) is 9.80. The van der Waals surface area contributed by atoms with Gasteiger partial charge in [0.25, 0.3) is 5.91 Å². The van der Waals surface area contributed by atoms with Gasteiger partial charge >= 0.3 is 5.97 Å². The topological polar surface area (TPSA) is 67.8 Å². The molecule has 1 aromatic carbocycles. The Bertz CT molecular complexity index is 514. The SMILES string of the molecule is COC(=O)c1cccc(C(=O)NC2=NCCS2)c1. The van der Waals surface area contributed by atoms with Crippen molar-refractivity contribution in [2.75, 3.05) is 19.4 Å². The molecule has 1 aliphatic rings. The minimum Gasteiger partial charge on any atom is -0.465 e. The van der Waals surface area contributed by atoms with Crippen LogP contribution >= 0.6 is 11.8 Å². The van der Waals surface area contributed by atoms with Crippen molar-refractivity contribution in [2.45, 2.75) is 0 Å². The van der Waals surface area contributed by atoms with Crippen LogP contribution in [-0.2, 0) is 4.74 Å². The molecule has 0 radical (unpaired) electrons. The number of aliphatic imine (C=N–C) groups is 1. The van der Waals surface area contributed by atoms with Crippen LogP contribution < -0.4 is 5.32 Å². The fourth-order valence-electron chi connectivity index (χ4n) is 1.49. The maximum atomic E-state index is 11.9. The normalized spacial score (nSPS) is 13.9. The number of carbonyl (C=O) groups is 2. The number of amides is 1. The lowest BCUT2D eigenvalue weighted by Gasteiger charge is -2.05. The van der Waals surface area contributed by atoms with Crippen LogP contribution in [0.5, 0.6) is 0 Å². The number of rotatable bonds is 2. The molecule has 6 heteroatoms. The number of hydrogen-bond acceptors (Lipinski definition) is 5. The number of carbonyl (C=O) groups excluding carboxylic acids is 2. The molecule has 1 N–H and O–H groups in total. The van der Waals surface area contributed by atoms with Gasteiger partial charge in [-0.15, -0.1) is 0 Å². The molecule has 1 aliphatic heterocycles. The summed E-state index contributed by atoms with van der Waals surface area (Å²) in [6.07, 6.45) is 0. The minimum atomic E-state index is -0.461. The van der Waals surface area contributed by atoms with Gasteiger partial charge in [0, 0.05) is 11.3 Å². The Kier molecular flexibility index (Phi) is 3.99. The summed E-state index contributed by atoms with van der Waals surface area (Å²) in [5.74, 6) is 0.156. The van der Waals surface area contributed by atoms with Crippen LogP contribution in [0.25, 0.3) is 0 Å². The second kappa shape index (κ2) is 5.68. The zero-order valence-corrected chi connectivity index (χ0v) is 10.6. The predicted octanol–water partition coefficient (Wildman–Crippen LogP) is 1.31. The van der Waals surface area contributed by atoms with Crippen molar-refractivity contribution in [3.05, 3.63) is 35.4 Å². The van der Waals surface area contributed by atoms with Gasteiger partial charge in [-0.3, -0.25) is 9.79 Å². The van der Waals surface area contributed by atoms with Gasteiger partial charge in [0.15, 0.2) is 5.17 Å². The van der Waals surface area contributed by atoms with E-state index in [0.29, 0.717) is 16.3 Å². The molecule has 18 heavy (non-hydrogen) atoms. The van der Waals surface area contributed by atoms with E-state index in [1.54, 1.807) is 18.2 Å². The van der Waals surface area contributed by atoms with Crippen LogP contribution in [0.15, 0.2) is 29.3 Å². The van der Waals surface area contributed by atoms with Gasteiger partial charge in [-0.25, -0.2) is 4.79 Å². The summed E-state index contributed by atoms with van der Waals surface area (Å²) >= 11 is 1.51. The summed E-state index contributed by atoms with van der Waals surface area (Å²) < 4.78 is 4.61. The van der Waals surface area contributed by atoms with Gasteiger partial charge in [-0.1, -0.05) is 17.8 Å². The molecule has 0 fully saturated rings. The van der Waals surface area contributed by atoms with E-state index in [2.05, 4.69) is 15.0 Å². The van der Waals surface area contributed by atoms with Crippen LogP contribution in [0.3, 0.4) is 0 Å². The first-order valence-corrected chi connectivity index (χ1v) is 6.36. The molecule has 0 aromatic heterocycles. The van der Waals surface area contributed by atoms with E-state index in [1.807, 2.05) is 0 Å². The lowest BCUT2D eigenvalue weighted by Crippen LogP contribution is -2.27. The first kappa shape index (κ1) is 12.6. The summed E-state index contributed by atoms with van der Waals surface area (Å²) in [7, 11) is 1.30. The highest BCUT2D eigenvalue weighted by Gasteiger charge is 2.14. The van der Waals surface area contributed by atoms with Crippen LogP contribution in [0.4, 0.5) is 0 Å². The van der Waals surface area contributed by atoms with E-state index < -0.39 is 5.97 Å². The van der Waals surface area contributed by atoms with Crippen molar-refractivity contribution < 1.29 is 14.3 Å². The highest BCUT2D eigenvalue weighted by Crippen LogP contribution is 2.11. The Labute approximate surface area is 109 Å². The number of methoxy groups -OCH3 is 1. The molecule has 94 valence electrons. The summed E-state index contributed by atoms with van der Waals surface area (Å²) in [4.78, 5) is 27.4. The summed E-state index contributed by atoms with van der Waals surface area (Å²) in [5, 5.41) is 3.33. The van der Waals surface area contributed by atoms with E-state index >= 15 is 0 Å². The zero-order chi connectivity index (χ0) is 13.0. The molecule has 2 rings (SSSR count). The lowest BCUT2D eigenvalue weighted by molar-refractivity contribution is 0.0600. The highest BCUT2D eigenvalue weighted by atomic mass is 32.2. The first-order valence-electron chi connectivity index (χ1n) is 5.37. The number of nitrogens with zero attached hydrogens (tertiary/aromatic N) is 1. The van der Waals surface area contributed by atoms with Crippen molar-refractivity contribution in [1.82, 2.24) is 5.32 Å². The molecular weight excluding hydrogens is 252 g/mol. The molecular formula is C12H12N2O3S. The summed E-state index contributed by atoms with van der Waals surface area (Å²) in [6.45, 7) is 0.725.